The molecule has 1 unspecified atom stereocenters. The lowest BCUT2D eigenvalue weighted by Crippen LogP contribution is -1.94. The van der Waals surface area contributed by atoms with Crippen molar-refractivity contribution >= 4 is 27.5 Å². The third-order valence-corrected chi connectivity index (χ3v) is 3.40. The van der Waals surface area contributed by atoms with E-state index in [1.165, 1.54) is 15.6 Å². The summed E-state index contributed by atoms with van der Waals surface area (Å²) in [7, 11) is 0. The number of alkyl halides is 1. The zero-order valence-electron chi connectivity index (χ0n) is 7.98. The first-order chi connectivity index (χ1) is 6.15. The second-order valence-electron chi connectivity index (χ2n) is 3.39. The molecule has 0 aliphatic carbocycles. The summed E-state index contributed by atoms with van der Waals surface area (Å²) in [6.07, 6.45) is 1.04. The van der Waals surface area contributed by atoms with Crippen molar-refractivity contribution < 1.29 is 0 Å². The minimum atomic E-state index is 0.560. The van der Waals surface area contributed by atoms with Gasteiger partial charge in [-0.05, 0) is 36.5 Å². The largest absolute Gasteiger partial charge is 0.127 e. The fourth-order valence-electron chi connectivity index (χ4n) is 1.30. The molecule has 0 aliphatic heterocycles. The number of hydrogen-bond acceptors (Lipinski definition) is 0. The Morgan fingerprint density at radius 2 is 2.15 bits per heavy atom. The number of aryl methyl sites for hydroxylation is 1. The summed E-state index contributed by atoms with van der Waals surface area (Å²) < 4.78 is 1.18. The molecule has 0 aliphatic rings. The standard InChI is InChI=1S/C11H14BrCl/c1-8(5-6-13)10-3-4-11(12)9(2)7-10/h3-4,7-8H,5-6H2,1-2H3. The van der Waals surface area contributed by atoms with Gasteiger partial charge in [-0.3, -0.25) is 0 Å². The van der Waals surface area contributed by atoms with Crippen LogP contribution in [0.25, 0.3) is 0 Å². The number of hydrogen-bond donors (Lipinski definition) is 0. The maximum atomic E-state index is 5.71. The Kier molecular flexibility index (Phi) is 4.27. The zero-order chi connectivity index (χ0) is 9.84. The molecule has 2 heteroatoms. The van der Waals surface area contributed by atoms with Gasteiger partial charge < -0.3 is 0 Å². The van der Waals surface area contributed by atoms with Crippen LogP contribution in [0.3, 0.4) is 0 Å². The predicted octanol–water partition coefficient (Wildman–Crippen LogP) is 4.49. The van der Waals surface area contributed by atoms with E-state index in [1.54, 1.807) is 0 Å². The first-order valence-corrected chi connectivity index (χ1v) is 5.80. The number of benzene rings is 1. The van der Waals surface area contributed by atoms with Crippen LogP contribution in [0.1, 0.15) is 30.4 Å². The van der Waals surface area contributed by atoms with Gasteiger partial charge in [0.05, 0.1) is 0 Å². The van der Waals surface area contributed by atoms with E-state index in [4.69, 9.17) is 11.6 Å². The van der Waals surface area contributed by atoms with Crippen molar-refractivity contribution in [3.05, 3.63) is 33.8 Å². The third kappa shape index (κ3) is 2.99. The molecule has 0 saturated heterocycles. The Morgan fingerprint density at radius 1 is 1.46 bits per heavy atom. The van der Waals surface area contributed by atoms with Crippen LogP contribution in [0, 0.1) is 6.92 Å². The second kappa shape index (κ2) is 5.02. The molecule has 0 spiro atoms. The SMILES string of the molecule is Cc1cc(C(C)CCCl)ccc1Br. The van der Waals surface area contributed by atoms with Gasteiger partial charge in [0.25, 0.3) is 0 Å². The van der Waals surface area contributed by atoms with Crippen molar-refractivity contribution in [2.24, 2.45) is 0 Å². The van der Waals surface area contributed by atoms with Crippen molar-refractivity contribution in [1.29, 1.82) is 0 Å². The molecule has 1 aromatic carbocycles. The van der Waals surface area contributed by atoms with Crippen LogP contribution in [0.5, 0.6) is 0 Å². The first kappa shape index (κ1) is 11.1. The van der Waals surface area contributed by atoms with Gasteiger partial charge in [-0.15, -0.1) is 11.6 Å². The Morgan fingerprint density at radius 3 is 2.69 bits per heavy atom. The van der Waals surface area contributed by atoms with Crippen LogP contribution in [0.2, 0.25) is 0 Å². The fraction of sp³-hybridized carbons (Fsp3) is 0.455. The molecule has 13 heavy (non-hydrogen) atoms. The van der Waals surface area contributed by atoms with Gasteiger partial charge in [-0.2, -0.15) is 0 Å². The molecule has 1 atom stereocenters. The lowest BCUT2D eigenvalue weighted by atomic mass is 9.97. The quantitative estimate of drug-likeness (QED) is 0.703. The Balaban J connectivity index is 2.84. The molecule has 72 valence electrons. The highest BCUT2D eigenvalue weighted by Gasteiger charge is 2.05. The molecule has 0 aromatic heterocycles. The highest BCUT2D eigenvalue weighted by Crippen LogP contribution is 2.24. The fourth-order valence-corrected chi connectivity index (χ4v) is 1.88. The summed E-state index contributed by atoms with van der Waals surface area (Å²) in [4.78, 5) is 0. The number of halogens is 2. The molecule has 0 amide bonds. The minimum Gasteiger partial charge on any atom is -0.127 e. The Labute approximate surface area is 93.4 Å². The lowest BCUT2D eigenvalue weighted by molar-refractivity contribution is 0.737. The molecule has 0 nitrogen and oxygen atoms in total. The van der Waals surface area contributed by atoms with Crippen molar-refractivity contribution in [3.63, 3.8) is 0 Å². The maximum absolute atomic E-state index is 5.71. The minimum absolute atomic E-state index is 0.560. The second-order valence-corrected chi connectivity index (χ2v) is 4.62. The monoisotopic (exact) mass is 260 g/mol. The van der Waals surface area contributed by atoms with E-state index in [0.29, 0.717) is 5.92 Å². The maximum Gasteiger partial charge on any atom is 0.0229 e. The van der Waals surface area contributed by atoms with E-state index < -0.39 is 0 Å². The van der Waals surface area contributed by atoms with E-state index >= 15 is 0 Å². The zero-order valence-corrected chi connectivity index (χ0v) is 10.3. The van der Waals surface area contributed by atoms with Crippen LogP contribution in [-0.2, 0) is 0 Å². The van der Waals surface area contributed by atoms with Crippen molar-refractivity contribution in [2.45, 2.75) is 26.2 Å². The summed E-state index contributed by atoms with van der Waals surface area (Å²) in [5, 5.41) is 0. The molecule has 0 radical (unpaired) electrons. The molecular formula is C11H14BrCl. The molecule has 0 fully saturated rings. The highest BCUT2D eigenvalue weighted by atomic mass is 79.9. The molecule has 0 heterocycles. The summed E-state index contributed by atoms with van der Waals surface area (Å²) in [5.41, 5.74) is 2.67. The summed E-state index contributed by atoms with van der Waals surface area (Å²) >= 11 is 9.20. The molecule has 0 N–H and O–H groups in total. The lowest BCUT2D eigenvalue weighted by Gasteiger charge is -2.11. The van der Waals surface area contributed by atoms with Crippen molar-refractivity contribution in [3.8, 4) is 0 Å². The summed E-state index contributed by atoms with van der Waals surface area (Å²) in [6, 6.07) is 6.49. The first-order valence-electron chi connectivity index (χ1n) is 4.47. The average Bonchev–Trinajstić information content (AvgIpc) is 2.10. The molecule has 1 rings (SSSR count). The molecular weight excluding hydrogens is 247 g/mol. The van der Waals surface area contributed by atoms with Crippen LogP contribution < -0.4 is 0 Å². The normalized spacial score (nSPS) is 12.9. The van der Waals surface area contributed by atoms with E-state index in [-0.39, 0.29) is 0 Å². The van der Waals surface area contributed by atoms with Gasteiger partial charge in [0.15, 0.2) is 0 Å². The average molecular weight is 262 g/mol. The van der Waals surface area contributed by atoms with Gasteiger partial charge in [-0.1, -0.05) is 35.0 Å². The van der Waals surface area contributed by atoms with Gasteiger partial charge in [0, 0.05) is 10.4 Å². The topological polar surface area (TPSA) is 0 Å². The van der Waals surface area contributed by atoms with Crippen molar-refractivity contribution in [1.82, 2.24) is 0 Å². The van der Waals surface area contributed by atoms with E-state index in [0.717, 1.165) is 12.3 Å². The van der Waals surface area contributed by atoms with Crippen LogP contribution in [-0.4, -0.2) is 5.88 Å². The smallest absolute Gasteiger partial charge is 0.0229 e. The molecule has 0 saturated carbocycles. The third-order valence-electron chi connectivity index (χ3n) is 2.29. The van der Waals surface area contributed by atoms with E-state index in [2.05, 4.69) is 48.0 Å². The highest BCUT2D eigenvalue weighted by molar-refractivity contribution is 9.10. The van der Waals surface area contributed by atoms with Crippen LogP contribution in [0.4, 0.5) is 0 Å². The summed E-state index contributed by atoms with van der Waals surface area (Å²) in [5.74, 6) is 1.29. The van der Waals surface area contributed by atoms with Gasteiger partial charge in [0.1, 0.15) is 0 Å². The van der Waals surface area contributed by atoms with Crippen LogP contribution >= 0.6 is 27.5 Å². The molecule has 0 bridgehead atoms. The van der Waals surface area contributed by atoms with Gasteiger partial charge >= 0.3 is 0 Å². The predicted molar refractivity (Wildman–Crippen MR) is 62.6 cm³/mol. The Hall–Kier alpha value is -0.0100. The van der Waals surface area contributed by atoms with Crippen molar-refractivity contribution in [2.75, 3.05) is 5.88 Å². The van der Waals surface area contributed by atoms with E-state index in [9.17, 15) is 0 Å². The van der Waals surface area contributed by atoms with Gasteiger partial charge in [-0.25, -0.2) is 0 Å². The van der Waals surface area contributed by atoms with Crippen LogP contribution in [0.15, 0.2) is 22.7 Å². The summed E-state index contributed by atoms with van der Waals surface area (Å²) in [6.45, 7) is 4.33. The van der Waals surface area contributed by atoms with Gasteiger partial charge in [0.2, 0.25) is 0 Å². The number of rotatable bonds is 3. The Bertz CT molecular complexity index is 283. The van der Waals surface area contributed by atoms with E-state index in [1.807, 2.05) is 0 Å². The molecule has 1 aromatic rings.